The molecular formula is C9H16N2O. The van der Waals surface area contributed by atoms with Crippen LogP contribution in [-0.4, -0.2) is 23.9 Å². The molecule has 1 fully saturated rings. The lowest BCUT2D eigenvalue weighted by Crippen LogP contribution is -2.49. The summed E-state index contributed by atoms with van der Waals surface area (Å²) in [6.45, 7) is 5.21. The highest BCUT2D eigenvalue weighted by atomic mass is 16.7. The minimum atomic E-state index is 0.0105. The van der Waals surface area contributed by atoms with Gasteiger partial charge in [0.25, 0.3) is 0 Å². The van der Waals surface area contributed by atoms with Crippen LogP contribution < -0.4 is 5.32 Å². The number of hydrogen-bond donors (Lipinski definition) is 1. The molecule has 0 aliphatic carbocycles. The summed E-state index contributed by atoms with van der Waals surface area (Å²) >= 11 is 0. The van der Waals surface area contributed by atoms with Crippen molar-refractivity contribution in [3.8, 4) is 0 Å². The molecule has 0 bridgehead atoms. The normalized spacial score (nSPS) is 41.2. The summed E-state index contributed by atoms with van der Waals surface area (Å²) < 4.78 is 0. The van der Waals surface area contributed by atoms with Gasteiger partial charge in [0, 0.05) is 19.0 Å². The number of oxime groups is 1. The summed E-state index contributed by atoms with van der Waals surface area (Å²) in [6.07, 6.45) is 3.34. The van der Waals surface area contributed by atoms with Gasteiger partial charge in [0.1, 0.15) is 0 Å². The van der Waals surface area contributed by atoms with Crippen LogP contribution >= 0.6 is 0 Å². The first-order valence-corrected chi connectivity index (χ1v) is 4.65. The quantitative estimate of drug-likeness (QED) is 0.591. The monoisotopic (exact) mass is 168 g/mol. The summed E-state index contributed by atoms with van der Waals surface area (Å²) in [5, 5.41) is 7.45. The molecule has 0 aromatic heterocycles. The van der Waals surface area contributed by atoms with Crippen molar-refractivity contribution in [2.45, 2.75) is 44.8 Å². The Kier molecular flexibility index (Phi) is 1.83. The molecule has 0 aromatic rings. The standard InChI is InChI=1S/C9H16N2O/c1-7-3-4-9(6-10-7)5-8(2)11-12-9/h7,10H,3-6H2,1-2H3. The Labute approximate surface area is 73.2 Å². The van der Waals surface area contributed by atoms with Gasteiger partial charge in [-0.2, -0.15) is 0 Å². The number of rotatable bonds is 0. The van der Waals surface area contributed by atoms with E-state index < -0.39 is 0 Å². The maximum atomic E-state index is 5.47. The SMILES string of the molecule is CC1=NOC2(CCC(C)NC2)C1. The van der Waals surface area contributed by atoms with Crippen LogP contribution in [0.15, 0.2) is 5.16 Å². The van der Waals surface area contributed by atoms with Crippen molar-refractivity contribution in [1.82, 2.24) is 5.32 Å². The Hall–Kier alpha value is -0.570. The predicted molar refractivity (Wildman–Crippen MR) is 48.2 cm³/mol. The second kappa shape index (κ2) is 2.73. The van der Waals surface area contributed by atoms with Crippen LogP contribution in [-0.2, 0) is 4.84 Å². The van der Waals surface area contributed by atoms with E-state index in [1.165, 1.54) is 6.42 Å². The molecule has 3 heteroatoms. The molecule has 2 aliphatic heterocycles. The van der Waals surface area contributed by atoms with Gasteiger partial charge in [0.05, 0.1) is 5.71 Å². The molecule has 1 spiro atoms. The van der Waals surface area contributed by atoms with Crippen LogP contribution in [0.25, 0.3) is 0 Å². The van der Waals surface area contributed by atoms with Crippen molar-refractivity contribution < 1.29 is 4.84 Å². The van der Waals surface area contributed by atoms with E-state index in [0.29, 0.717) is 6.04 Å². The Morgan fingerprint density at radius 3 is 3.00 bits per heavy atom. The molecule has 3 nitrogen and oxygen atoms in total. The Morgan fingerprint density at radius 1 is 1.67 bits per heavy atom. The lowest BCUT2D eigenvalue weighted by atomic mass is 9.87. The second-order valence-corrected chi connectivity index (χ2v) is 4.10. The van der Waals surface area contributed by atoms with Crippen molar-refractivity contribution >= 4 is 5.71 Å². The fourth-order valence-electron chi connectivity index (χ4n) is 1.96. The molecule has 12 heavy (non-hydrogen) atoms. The highest BCUT2D eigenvalue weighted by Gasteiger charge is 2.40. The molecule has 0 aromatic carbocycles. The molecule has 1 N–H and O–H groups in total. The largest absolute Gasteiger partial charge is 0.388 e. The lowest BCUT2D eigenvalue weighted by Gasteiger charge is -2.34. The third kappa shape index (κ3) is 1.33. The molecule has 68 valence electrons. The predicted octanol–water partition coefficient (Wildman–Crippen LogP) is 1.29. The van der Waals surface area contributed by atoms with Crippen LogP contribution in [0.4, 0.5) is 0 Å². The summed E-state index contributed by atoms with van der Waals surface area (Å²) in [6, 6.07) is 0.639. The van der Waals surface area contributed by atoms with Gasteiger partial charge >= 0.3 is 0 Å². The van der Waals surface area contributed by atoms with E-state index in [1.807, 2.05) is 6.92 Å². The number of nitrogens with one attached hydrogen (secondary N) is 1. The van der Waals surface area contributed by atoms with E-state index in [4.69, 9.17) is 4.84 Å². The van der Waals surface area contributed by atoms with Crippen LogP contribution in [0.2, 0.25) is 0 Å². The minimum Gasteiger partial charge on any atom is -0.388 e. The van der Waals surface area contributed by atoms with Crippen molar-refractivity contribution in [2.24, 2.45) is 5.16 Å². The summed E-state index contributed by atoms with van der Waals surface area (Å²) in [7, 11) is 0. The van der Waals surface area contributed by atoms with Gasteiger partial charge in [-0.05, 0) is 26.7 Å². The zero-order valence-corrected chi connectivity index (χ0v) is 7.76. The van der Waals surface area contributed by atoms with Crippen molar-refractivity contribution in [3.63, 3.8) is 0 Å². The van der Waals surface area contributed by atoms with E-state index in [2.05, 4.69) is 17.4 Å². The van der Waals surface area contributed by atoms with Gasteiger partial charge in [0.15, 0.2) is 5.60 Å². The second-order valence-electron chi connectivity index (χ2n) is 4.10. The molecule has 2 atom stereocenters. The fourth-order valence-corrected chi connectivity index (χ4v) is 1.96. The highest BCUT2D eigenvalue weighted by Crippen LogP contribution is 2.31. The molecule has 0 amide bonds. The average Bonchev–Trinajstić information content (AvgIpc) is 2.40. The Morgan fingerprint density at radius 2 is 2.50 bits per heavy atom. The van der Waals surface area contributed by atoms with Crippen molar-refractivity contribution in [2.75, 3.05) is 6.54 Å². The van der Waals surface area contributed by atoms with Crippen LogP contribution in [0.1, 0.15) is 33.1 Å². The average molecular weight is 168 g/mol. The third-order valence-corrected chi connectivity index (χ3v) is 2.78. The third-order valence-electron chi connectivity index (χ3n) is 2.78. The molecule has 0 radical (unpaired) electrons. The first-order valence-electron chi connectivity index (χ1n) is 4.65. The maximum Gasteiger partial charge on any atom is 0.155 e. The number of nitrogens with zero attached hydrogens (tertiary/aromatic N) is 1. The molecule has 2 heterocycles. The van der Waals surface area contributed by atoms with Gasteiger partial charge in [0.2, 0.25) is 0 Å². The summed E-state index contributed by atoms with van der Waals surface area (Å²) in [4.78, 5) is 5.47. The van der Waals surface area contributed by atoms with Gasteiger partial charge in [-0.15, -0.1) is 0 Å². The van der Waals surface area contributed by atoms with Gasteiger partial charge in [-0.1, -0.05) is 5.16 Å². The summed E-state index contributed by atoms with van der Waals surface area (Å²) in [5.41, 5.74) is 1.14. The smallest absolute Gasteiger partial charge is 0.155 e. The van der Waals surface area contributed by atoms with E-state index in [1.54, 1.807) is 0 Å². The molecule has 2 aliphatic rings. The first kappa shape index (κ1) is 8.05. The Balaban J connectivity index is 1.97. The molecule has 2 rings (SSSR count). The minimum absolute atomic E-state index is 0.0105. The van der Waals surface area contributed by atoms with Crippen molar-refractivity contribution in [3.05, 3.63) is 0 Å². The fraction of sp³-hybridized carbons (Fsp3) is 0.889. The molecular weight excluding hydrogens is 152 g/mol. The summed E-state index contributed by atoms with van der Waals surface area (Å²) in [5.74, 6) is 0. The first-order chi connectivity index (χ1) is 5.70. The number of hydrogen-bond acceptors (Lipinski definition) is 3. The van der Waals surface area contributed by atoms with E-state index in [-0.39, 0.29) is 5.60 Å². The molecule has 0 saturated carbocycles. The zero-order chi connectivity index (χ0) is 8.60. The number of piperidine rings is 1. The molecule has 2 unspecified atom stereocenters. The topological polar surface area (TPSA) is 33.6 Å². The molecule has 1 saturated heterocycles. The van der Waals surface area contributed by atoms with Gasteiger partial charge in [-0.25, -0.2) is 0 Å². The van der Waals surface area contributed by atoms with E-state index >= 15 is 0 Å². The Bertz CT molecular complexity index is 205. The van der Waals surface area contributed by atoms with Crippen LogP contribution in [0.3, 0.4) is 0 Å². The van der Waals surface area contributed by atoms with Crippen LogP contribution in [0.5, 0.6) is 0 Å². The lowest BCUT2D eigenvalue weighted by molar-refractivity contribution is -0.0405. The van der Waals surface area contributed by atoms with Gasteiger partial charge in [-0.3, -0.25) is 0 Å². The van der Waals surface area contributed by atoms with Gasteiger partial charge < -0.3 is 10.2 Å². The highest BCUT2D eigenvalue weighted by molar-refractivity contribution is 5.83. The van der Waals surface area contributed by atoms with E-state index in [9.17, 15) is 0 Å². The maximum absolute atomic E-state index is 5.47. The van der Waals surface area contributed by atoms with E-state index in [0.717, 1.165) is 25.1 Å². The van der Waals surface area contributed by atoms with Crippen LogP contribution in [0, 0.1) is 0 Å². The van der Waals surface area contributed by atoms with Crippen molar-refractivity contribution in [1.29, 1.82) is 0 Å². The zero-order valence-electron chi connectivity index (χ0n) is 7.76.